The Kier molecular flexibility index (Phi) is 9.17. The van der Waals surface area contributed by atoms with E-state index in [0.717, 1.165) is 100 Å². The predicted molar refractivity (Wildman–Crippen MR) is 292 cm³/mol. The average molecular weight is 895 g/mol. The molecule has 0 unspecified atom stereocenters. The fourth-order valence-corrected chi connectivity index (χ4v) is 10.7. The number of hydrogen-bond acceptors (Lipinski definition) is 3. The van der Waals surface area contributed by atoms with Crippen molar-refractivity contribution in [3.8, 4) is 50.2 Å². The Morgan fingerprint density at radius 2 is 0.800 bits per heavy atom. The van der Waals surface area contributed by atoms with Crippen LogP contribution in [0, 0.1) is 0 Å². The summed E-state index contributed by atoms with van der Waals surface area (Å²) in [6.45, 7) is 0. The fraction of sp³-hybridized carbons (Fsp3) is 0. The zero-order valence-corrected chi connectivity index (χ0v) is 38.0. The molecule has 0 atom stereocenters. The topological polar surface area (TPSA) is 34.5 Å². The summed E-state index contributed by atoms with van der Waals surface area (Å²) in [6.07, 6.45) is 0. The van der Waals surface area contributed by atoms with Crippen LogP contribution < -0.4 is 4.90 Å². The molecule has 70 heavy (non-hydrogen) atoms. The monoisotopic (exact) mass is 894 g/mol. The van der Waals surface area contributed by atoms with Crippen LogP contribution >= 0.6 is 0 Å². The molecule has 3 heterocycles. The van der Waals surface area contributed by atoms with Crippen molar-refractivity contribution in [2.24, 2.45) is 0 Å². The molecule has 4 nitrogen and oxygen atoms in total. The Labute approximate surface area is 404 Å². The Hall–Kier alpha value is -9.38. The molecule has 0 amide bonds. The first-order valence-electron chi connectivity index (χ1n) is 23.8. The van der Waals surface area contributed by atoms with Gasteiger partial charge in [0.05, 0.1) is 10.9 Å². The molecule has 0 radical (unpaired) electrons. The second-order valence-corrected chi connectivity index (χ2v) is 18.0. The fourth-order valence-electron chi connectivity index (χ4n) is 10.7. The SMILES string of the molecule is c1ccc(-n2c3ccccc3c3c4ccc(-c5ccc(N(c6ccc(-c7ccc(-c8cccc9oc%10ccccc%10c89)cc7)cc6)c6ccc(-c7cccc8ccccc78)cc6)cc5)cc4oc32)cc1. The van der Waals surface area contributed by atoms with E-state index >= 15 is 0 Å². The summed E-state index contributed by atoms with van der Waals surface area (Å²) < 4.78 is 15.2. The van der Waals surface area contributed by atoms with Gasteiger partial charge in [-0.15, -0.1) is 0 Å². The van der Waals surface area contributed by atoms with Gasteiger partial charge >= 0.3 is 0 Å². The normalized spacial score (nSPS) is 11.7. The number of benzene rings is 11. The van der Waals surface area contributed by atoms with Crippen LogP contribution in [0.25, 0.3) is 116 Å². The Morgan fingerprint density at radius 3 is 1.54 bits per heavy atom. The first-order valence-corrected chi connectivity index (χ1v) is 23.8. The summed E-state index contributed by atoms with van der Waals surface area (Å²) in [6, 6.07) is 91.0. The molecule has 0 aliphatic heterocycles. The minimum absolute atomic E-state index is 0.858. The van der Waals surface area contributed by atoms with Crippen LogP contribution in [0.2, 0.25) is 0 Å². The van der Waals surface area contributed by atoms with Crippen molar-refractivity contribution in [3.05, 3.63) is 255 Å². The number of furan rings is 2. The highest BCUT2D eigenvalue weighted by Crippen LogP contribution is 2.43. The van der Waals surface area contributed by atoms with Crippen LogP contribution in [0.1, 0.15) is 0 Å². The van der Waals surface area contributed by atoms with E-state index < -0.39 is 0 Å². The Bertz CT molecular complexity index is 4250. The molecule has 0 aliphatic rings. The number of aromatic nitrogens is 1. The lowest BCUT2D eigenvalue weighted by Gasteiger charge is -2.26. The van der Waals surface area contributed by atoms with Gasteiger partial charge in [-0.05, 0) is 134 Å². The van der Waals surface area contributed by atoms with Gasteiger partial charge in [-0.1, -0.05) is 176 Å². The molecule has 14 aromatic rings. The second kappa shape index (κ2) is 16.2. The molecular formula is C66H42N2O2. The number of hydrogen-bond donors (Lipinski definition) is 0. The molecular weight excluding hydrogens is 853 g/mol. The van der Waals surface area contributed by atoms with Crippen molar-refractivity contribution in [2.75, 3.05) is 4.90 Å². The quantitative estimate of drug-likeness (QED) is 0.152. The average Bonchev–Trinajstić information content (AvgIpc) is 4.11. The van der Waals surface area contributed by atoms with Gasteiger partial charge in [0.2, 0.25) is 5.71 Å². The van der Waals surface area contributed by atoms with E-state index in [1.165, 1.54) is 32.8 Å². The van der Waals surface area contributed by atoms with Crippen LogP contribution in [0.3, 0.4) is 0 Å². The molecule has 14 rings (SSSR count). The van der Waals surface area contributed by atoms with Crippen LogP contribution in [-0.4, -0.2) is 4.57 Å². The number of nitrogens with zero attached hydrogens (tertiary/aromatic N) is 2. The maximum absolute atomic E-state index is 6.77. The molecule has 0 fully saturated rings. The molecule has 0 N–H and O–H groups in total. The van der Waals surface area contributed by atoms with Crippen LogP contribution in [0.4, 0.5) is 17.1 Å². The smallest absolute Gasteiger partial charge is 0.213 e. The lowest BCUT2D eigenvalue weighted by atomic mass is 9.96. The van der Waals surface area contributed by atoms with Gasteiger partial charge in [-0.25, -0.2) is 0 Å². The number of anilines is 3. The van der Waals surface area contributed by atoms with Gasteiger partial charge in [0.25, 0.3) is 0 Å². The molecule has 3 aromatic heterocycles. The molecule has 0 bridgehead atoms. The summed E-state index contributed by atoms with van der Waals surface area (Å²) in [5, 5.41) is 8.20. The van der Waals surface area contributed by atoms with E-state index in [4.69, 9.17) is 8.83 Å². The zero-order chi connectivity index (χ0) is 46.1. The summed E-state index contributed by atoms with van der Waals surface area (Å²) in [7, 11) is 0. The largest absolute Gasteiger partial charge is 0.456 e. The van der Waals surface area contributed by atoms with E-state index in [2.05, 4.69) is 246 Å². The summed E-state index contributed by atoms with van der Waals surface area (Å²) >= 11 is 0. The highest BCUT2D eigenvalue weighted by atomic mass is 16.3. The lowest BCUT2D eigenvalue weighted by Crippen LogP contribution is -2.09. The van der Waals surface area contributed by atoms with E-state index in [-0.39, 0.29) is 0 Å². The number of fused-ring (bicyclic) bond motifs is 9. The van der Waals surface area contributed by atoms with Crippen LogP contribution in [0.15, 0.2) is 264 Å². The van der Waals surface area contributed by atoms with Gasteiger partial charge in [-0.3, -0.25) is 4.57 Å². The number of para-hydroxylation sites is 3. The Balaban J connectivity index is 0.816. The van der Waals surface area contributed by atoms with E-state index in [1.807, 2.05) is 18.2 Å². The number of rotatable bonds is 8. The summed E-state index contributed by atoms with van der Waals surface area (Å²) in [5.41, 5.74) is 18.2. The van der Waals surface area contributed by atoms with Gasteiger partial charge in [0, 0.05) is 44.3 Å². The third-order valence-electron chi connectivity index (χ3n) is 14.0. The standard InChI is InChI=1S/C66H42N2O2/c1-2-14-50(15-3-1)68-60-21-8-6-17-57(60)65-59-41-34-49(42-63(59)70-66(65)68)45-30-37-52(38-31-45)67(53-39-32-47(33-40-53)55-19-10-13-46-12-4-5-16-54(46)55)51-35-28-44(29-36-51)43-24-26-48(27-25-43)56-20-11-23-62-64(56)58-18-7-9-22-61(58)69-62/h1-42H. The minimum atomic E-state index is 0.858. The molecule has 4 heteroatoms. The van der Waals surface area contributed by atoms with Crippen molar-refractivity contribution < 1.29 is 8.83 Å². The molecule has 0 saturated heterocycles. The molecule has 11 aromatic carbocycles. The Morgan fingerprint density at radius 1 is 0.300 bits per heavy atom. The van der Waals surface area contributed by atoms with E-state index in [9.17, 15) is 0 Å². The third kappa shape index (κ3) is 6.53. The van der Waals surface area contributed by atoms with Gasteiger partial charge in [-0.2, -0.15) is 0 Å². The highest BCUT2D eigenvalue weighted by Gasteiger charge is 2.20. The van der Waals surface area contributed by atoms with Crippen LogP contribution in [0.5, 0.6) is 0 Å². The predicted octanol–water partition coefficient (Wildman–Crippen LogP) is 18.7. The molecule has 0 aliphatic carbocycles. The third-order valence-corrected chi connectivity index (χ3v) is 14.0. The highest BCUT2D eigenvalue weighted by molar-refractivity contribution is 6.20. The maximum Gasteiger partial charge on any atom is 0.213 e. The van der Waals surface area contributed by atoms with Crippen molar-refractivity contribution in [3.63, 3.8) is 0 Å². The lowest BCUT2D eigenvalue weighted by molar-refractivity contribution is 0.645. The van der Waals surface area contributed by atoms with Gasteiger partial charge < -0.3 is 13.7 Å². The van der Waals surface area contributed by atoms with Gasteiger partial charge in [0.1, 0.15) is 16.7 Å². The van der Waals surface area contributed by atoms with E-state index in [0.29, 0.717) is 0 Å². The van der Waals surface area contributed by atoms with Crippen molar-refractivity contribution in [1.82, 2.24) is 4.57 Å². The van der Waals surface area contributed by atoms with Crippen molar-refractivity contribution >= 4 is 82.7 Å². The molecule has 0 spiro atoms. The van der Waals surface area contributed by atoms with Crippen molar-refractivity contribution in [2.45, 2.75) is 0 Å². The summed E-state index contributed by atoms with van der Waals surface area (Å²) in [4.78, 5) is 2.34. The van der Waals surface area contributed by atoms with E-state index in [1.54, 1.807) is 0 Å². The first-order chi connectivity index (χ1) is 34.7. The maximum atomic E-state index is 6.77. The summed E-state index contributed by atoms with van der Waals surface area (Å²) in [5.74, 6) is 0. The first kappa shape index (κ1) is 39.8. The molecule has 328 valence electrons. The van der Waals surface area contributed by atoms with Crippen LogP contribution in [-0.2, 0) is 0 Å². The molecule has 0 saturated carbocycles. The van der Waals surface area contributed by atoms with Crippen molar-refractivity contribution in [1.29, 1.82) is 0 Å². The zero-order valence-electron chi connectivity index (χ0n) is 38.0. The van der Waals surface area contributed by atoms with Gasteiger partial charge in [0.15, 0.2) is 0 Å². The second-order valence-electron chi connectivity index (χ2n) is 18.0. The minimum Gasteiger partial charge on any atom is -0.456 e.